The van der Waals surface area contributed by atoms with Crippen LogP contribution in [0.4, 0.5) is 10.7 Å². The van der Waals surface area contributed by atoms with Gasteiger partial charge < -0.3 is 4.90 Å². The van der Waals surface area contributed by atoms with Crippen LogP contribution in [-0.4, -0.2) is 11.5 Å². The minimum Gasteiger partial charge on any atom is -0.366 e. The molecule has 92 valence electrons. The summed E-state index contributed by atoms with van der Waals surface area (Å²) in [5.74, 6) is 0. The van der Waals surface area contributed by atoms with Crippen molar-refractivity contribution in [3.8, 4) is 0 Å². The standard InChI is InChI=1S/C13H12N2O2S/c16-15(17)13-7-12(9-18-13)14-6-5-10-3-1-2-4-11(10)8-14/h1-4,7,9H,5-6,8H2. The van der Waals surface area contributed by atoms with Gasteiger partial charge >= 0.3 is 5.00 Å². The summed E-state index contributed by atoms with van der Waals surface area (Å²) in [4.78, 5) is 12.6. The average Bonchev–Trinajstić information content (AvgIpc) is 2.88. The van der Waals surface area contributed by atoms with E-state index in [0.29, 0.717) is 0 Å². The highest BCUT2D eigenvalue weighted by atomic mass is 32.1. The van der Waals surface area contributed by atoms with Gasteiger partial charge in [0.05, 0.1) is 16.7 Å². The predicted octanol–water partition coefficient (Wildman–Crippen LogP) is 3.22. The second-order valence-electron chi connectivity index (χ2n) is 4.34. The fourth-order valence-corrected chi connectivity index (χ4v) is 3.03. The van der Waals surface area contributed by atoms with Crippen LogP contribution in [0, 0.1) is 10.1 Å². The van der Waals surface area contributed by atoms with Gasteiger partial charge in [-0.25, -0.2) is 0 Å². The van der Waals surface area contributed by atoms with Crippen LogP contribution in [0.2, 0.25) is 0 Å². The van der Waals surface area contributed by atoms with Gasteiger partial charge in [-0.15, -0.1) is 0 Å². The van der Waals surface area contributed by atoms with Crippen LogP contribution < -0.4 is 4.90 Å². The monoisotopic (exact) mass is 260 g/mol. The van der Waals surface area contributed by atoms with Crippen molar-refractivity contribution in [3.05, 3.63) is 57.0 Å². The fourth-order valence-electron chi connectivity index (χ4n) is 2.29. The first kappa shape index (κ1) is 11.2. The molecular weight excluding hydrogens is 248 g/mol. The van der Waals surface area contributed by atoms with Crippen LogP contribution in [0.3, 0.4) is 0 Å². The Morgan fingerprint density at radius 1 is 1.28 bits per heavy atom. The first-order valence-electron chi connectivity index (χ1n) is 5.79. The molecule has 2 heterocycles. The molecular formula is C13H12N2O2S. The van der Waals surface area contributed by atoms with Crippen molar-refractivity contribution in [1.29, 1.82) is 0 Å². The molecule has 0 amide bonds. The van der Waals surface area contributed by atoms with E-state index in [9.17, 15) is 10.1 Å². The Bertz CT molecular complexity index is 594. The van der Waals surface area contributed by atoms with Crippen molar-refractivity contribution in [3.63, 3.8) is 0 Å². The molecule has 4 nitrogen and oxygen atoms in total. The van der Waals surface area contributed by atoms with Crippen LogP contribution in [0.5, 0.6) is 0 Å². The molecule has 2 aromatic rings. The van der Waals surface area contributed by atoms with Crippen LogP contribution in [0.15, 0.2) is 35.7 Å². The molecule has 3 rings (SSSR count). The summed E-state index contributed by atoms with van der Waals surface area (Å²) in [6.07, 6.45) is 1.000. The smallest absolute Gasteiger partial charge is 0.326 e. The molecule has 0 fully saturated rings. The van der Waals surface area contributed by atoms with E-state index in [1.807, 2.05) is 11.4 Å². The minimum atomic E-state index is -0.327. The molecule has 0 atom stereocenters. The number of benzene rings is 1. The van der Waals surface area contributed by atoms with E-state index in [2.05, 4.69) is 23.1 Å². The van der Waals surface area contributed by atoms with Gasteiger partial charge in [0.2, 0.25) is 0 Å². The summed E-state index contributed by atoms with van der Waals surface area (Å²) in [5, 5.41) is 12.8. The lowest BCUT2D eigenvalue weighted by atomic mass is 10.00. The molecule has 0 saturated carbocycles. The van der Waals surface area contributed by atoms with Crippen molar-refractivity contribution in [2.75, 3.05) is 11.4 Å². The molecule has 1 aromatic heterocycles. The molecule has 0 N–H and O–H groups in total. The van der Waals surface area contributed by atoms with Gasteiger partial charge in [-0.1, -0.05) is 35.6 Å². The third-order valence-electron chi connectivity index (χ3n) is 3.25. The van der Waals surface area contributed by atoms with Gasteiger partial charge in [0.15, 0.2) is 0 Å². The first-order valence-corrected chi connectivity index (χ1v) is 6.66. The van der Waals surface area contributed by atoms with Gasteiger partial charge in [0, 0.05) is 18.5 Å². The Hall–Kier alpha value is -1.88. The third kappa shape index (κ3) is 1.97. The van der Waals surface area contributed by atoms with Crippen molar-refractivity contribution in [2.24, 2.45) is 0 Å². The molecule has 1 aliphatic rings. The number of fused-ring (bicyclic) bond motifs is 1. The van der Waals surface area contributed by atoms with Gasteiger partial charge in [-0.2, -0.15) is 0 Å². The molecule has 1 aromatic carbocycles. The molecule has 0 bridgehead atoms. The van der Waals surface area contributed by atoms with Crippen LogP contribution in [-0.2, 0) is 13.0 Å². The topological polar surface area (TPSA) is 46.4 Å². The molecule has 0 radical (unpaired) electrons. The van der Waals surface area contributed by atoms with E-state index in [-0.39, 0.29) is 9.92 Å². The Balaban J connectivity index is 1.85. The molecule has 0 spiro atoms. The first-order chi connectivity index (χ1) is 8.74. The summed E-state index contributed by atoms with van der Waals surface area (Å²) < 4.78 is 0. The van der Waals surface area contributed by atoms with Gasteiger partial charge in [-0.3, -0.25) is 10.1 Å². The fraction of sp³-hybridized carbons (Fsp3) is 0.231. The normalized spacial score (nSPS) is 14.3. The van der Waals surface area contributed by atoms with E-state index < -0.39 is 0 Å². The van der Waals surface area contributed by atoms with Crippen LogP contribution >= 0.6 is 11.3 Å². The maximum Gasteiger partial charge on any atom is 0.326 e. The average molecular weight is 260 g/mol. The van der Waals surface area contributed by atoms with Gasteiger partial charge in [-0.05, 0) is 17.5 Å². The predicted molar refractivity (Wildman–Crippen MR) is 72.2 cm³/mol. The summed E-state index contributed by atoms with van der Waals surface area (Å²) >= 11 is 1.19. The van der Waals surface area contributed by atoms with Crippen molar-refractivity contribution < 1.29 is 4.92 Å². The van der Waals surface area contributed by atoms with Crippen molar-refractivity contribution in [2.45, 2.75) is 13.0 Å². The summed E-state index contributed by atoms with van der Waals surface area (Å²) in [5.41, 5.74) is 3.66. The highest BCUT2D eigenvalue weighted by Crippen LogP contribution is 2.32. The molecule has 18 heavy (non-hydrogen) atoms. The Kier molecular flexibility index (Phi) is 2.76. The Morgan fingerprint density at radius 2 is 2.06 bits per heavy atom. The molecule has 0 saturated heterocycles. The summed E-state index contributed by atoms with van der Waals surface area (Å²) in [6, 6.07) is 10.0. The number of nitrogens with zero attached hydrogens (tertiary/aromatic N) is 2. The van der Waals surface area contributed by atoms with Crippen LogP contribution in [0.25, 0.3) is 0 Å². The van der Waals surface area contributed by atoms with Crippen molar-refractivity contribution in [1.82, 2.24) is 0 Å². The van der Waals surface area contributed by atoms with Gasteiger partial charge in [0.1, 0.15) is 0 Å². The zero-order chi connectivity index (χ0) is 12.5. The van der Waals surface area contributed by atoms with Crippen LogP contribution in [0.1, 0.15) is 11.1 Å². The maximum absolute atomic E-state index is 10.7. The number of hydrogen-bond acceptors (Lipinski definition) is 4. The number of anilines is 1. The minimum absolute atomic E-state index is 0.212. The van der Waals surface area contributed by atoms with E-state index >= 15 is 0 Å². The molecule has 1 aliphatic heterocycles. The SMILES string of the molecule is O=[N+]([O-])c1cc(N2CCc3ccccc3C2)cs1. The summed E-state index contributed by atoms with van der Waals surface area (Å²) in [6.45, 7) is 1.76. The quantitative estimate of drug-likeness (QED) is 0.615. The largest absolute Gasteiger partial charge is 0.366 e. The van der Waals surface area contributed by atoms with E-state index in [1.165, 1.54) is 22.5 Å². The summed E-state index contributed by atoms with van der Waals surface area (Å²) in [7, 11) is 0. The highest BCUT2D eigenvalue weighted by Gasteiger charge is 2.19. The number of thiophene rings is 1. The number of hydrogen-bond donors (Lipinski definition) is 0. The lowest BCUT2D eigenvalue weighted by Gasteiger charge is -2.29. The third-order valence-corrected chi connectivity index (χ3v) is 4.12. The lowest BCUT2D eigenvalue weighted by molar-refractivity contribution is -0.380. The molecule has 5 heteroatoms. The van der Waals surface area contributed by atoms with E-state index in [1.54, 1.807) is 6.07 Å². The molecule has 0 unspecified atom stereocenters. The maximum atomic E-state index is 10.7. The molecule has 0 aliphatic carbocycles. The highest BCUT2D eigenvalue weighted by molar-refractivity contribution is 7.13. The Morgan fingerprint density at radius 3 is 2.78 bits per heavy atom. The second-order valence-corrected chi connectivity index (χ2v) is 5.23. The lowest BCUT2D eigenvalue weighted by Crippen LogP contribution is -2.29. The number of rotatable bonds is 2. The number of nitro groups is 1. The van der Waals surface area contributed by atoms with E-state index in [0.717, 1.165) is 25.2 Å². The van der Waals surface area contributed by atoms with E-state index in [4.69, 9.17) is 0 Å². The Labute approximate surface area is 109 Å². The van der Waals surface area contributed by atoms with Gasteiger partial charge in [0.25, 0.3) is 0 Å². The zero-order valence-electron chi connectivity index (χ0n) is 9.70. The second kappa shape index (κ2) is 4.42. The van der Waals surface area contributed by atoms with Crippen molar-refractivity contribution >= 4 is 22.0 Å². The zero-order valence-corrected chi connectivity index (χ0v) is 10.5.